The Morgan fingerprint density at radius 3 is 2.16 bits per heavy atom. The first-order valence-electron chi connectivity index (χ1n) is 6.04. The first-order valence-corrected chi connectivity index (χ1v) is 6.42. The van der Waals surface area contributed by atoms with Crippen molar-refractivity contribution in [3.63, 3.8) is 0 Å². The van der Waals surface area contributed by atoms with Crippen LogP contribution in [0.3, 0.4) is 0 Å². The van der Waals surface area contributed by atoms with Gasteiger partial charge < -0.3 is 5.32 Å². The molecule has 0 unspecified atom stereocenters. The highest BCUT2D eigenvalue weighted by molar-refractivity contribution is 6.30. The smallest absolute Gasteiger partial charge is 0.222 e. The van der Waals surface area contributed by atoms with Gasteiger partial charge in [0.1, 0.15) is 11.0 Å². The van der Waals surface area contributed by atoms with Gasteiger partial charge in [-0.3, -0.25) is 4.79 Å². The molecular weight excluding hydrogens is 262 g/mol. The number of carbonyl (C=O) groups is 1. The van der Waals surface area contributed by atoms with Crippen molar-refractivity contribution >= 4 is 34.4 Å². The molecule has 0 bridgehead atoms. The Labute approximate surface area is 117 Å². The minimum atomic E-state index is -0.149. The van der Waals surface area contributed by atoms with Gasteiger partial charge in [-0.2, -0.15) is 0 Å². The molecule has 1 amide bonds. The number of aromatic nitrogens is 2. The fourth-order valence-corrected chi connectivity index (χ4v) is 2.34. The van der Waals surface area contributed by atoms with Crippen molar-refractivity contribution < 1.29 is 4.79 Å². The number of hydrogen-bond donors (Lipinski definition) is 1. The minimum Gasteiger partial charge on any atom is -0.311 e. The SMILES string of the molecule is CC(=O)Nc1nc2nc(Cl)c(C)c(C)c2c(C)c1C. The number of aryl methyl sites for hydroxylation is 2. The third-order valence-electron chi connectivity index (χ3n) is 3.48. The maximum Gasteiger partial charge on any atom is 0.222 e. The van der Waals surface area contributed by atoms with E-state index in [-0.39, 0.29) is 5.91 Å². The second kappa shape index (κ2) is 4.78. The zero-order valence-corrected chi connectivity index (χ0v) is 12.4. The van der Waals surface area contributed by atoms with Crippen LogP contribution in [-0.2, 0) is 4.79 Å². The fourth-order valence-electron chi connectivity index (χ4n) is 2.12. The van der Waals surface area contributed by atoms with Gasteiger partial charge in [-0.05, 0) is 49.9 Å². The quantitative estimate of drug-likeness (QED) is 0.812. The summed E-state index contributed by atoms with van der Waals surface area (Å²) >= 11 is 6.10. The third kappa shape index (κ3) is 2.28. The van der Waals surface area contributed by atoms with Gasteiger partial charge in [-0.25, -0.2) is 9.97 Å². The Kier molecular flexibility index (Phi) is 3.45. The molecule has 0 saturated carbocycles. The first kappa shape index (κ1) is 13.7. The van der Waals surface area contributed by atoms with E-state index in [1.165, 1.54) is 6.92 Å². The molecule has 2 aromatic heterocycles. The van der Waals surface area contributed by atoms with Crippen LogP contribution < -0.4 is 5.32 Å². The van der Waals surface area contributed by atoms with Crippen LogP contribution in [0.1, 0.15) is 29.2 Å². The minimum absolute atomic E-state index is 0.149. The summed E-state index contributed by atoms with van der Waals surface area (Å²) in [5, 5.41) is 4.19. The molecule has 0 saturated heterocycles. The largest absolute Gasteiger partial charge is 0.311 e. The fraction of sp³-hybridized carbons (Fsp3) is 0.357. The van der Waals surface area contributed by atoms with Crippen molar-refractivity contribution in [2.45, 2.75) is 34.6 Å². The number of anilines is 1. The molecule has 5 heteroatoms. The van der Waals surface area contributed by atoms with Crippen molar-refractivity contribution in [2.24, 2.45) is 0 Å². The van der Waals surface area contributed by atoms with Crippen LogP contribution in [0.25, 0.3) is 11.0 Å². The van der Waals surface area contributed by atoms with Crippen LogP contribution in [0.4, 0.5) is 5.82 Å². The number of halogens is 1. The molecule has 2 heterocycles. The monoisotopic (exact) mass is 277 g/mol. The highest BCUT2D eigenvalue weighted by Gasteiger charge is 2.15. The van der Waals surface area contributed by atoms with Crippen LogP contribution >= 0.6 is 11.6 Å². The Morgan fingerprint density at radius 2 is 1.58 bits per heavy atom. The maximum atomic E-state index is 11.2. The summed E-state index contributed by atoms with van der Waals surface area (Å²) in [6.07, 6.45) is 0. The zero-order valence-electron chi connectivity index (χ0n) is 11.7. The number of rotatable bonds is 1. The number of amides is 1. The third-order valence-corrected chi connectivity index (χ3v) is 3.85. The second-order valence-electron chi connectivity index (χ2n) is 4.74. The van der Waals surface area contributed by atoms with Gasteiger partial charge in [0.15, 0.2) is 5.65 Å². The normalized spacial score (nSPS) is 10.8. The lowest BCUT2D eigenvalue weighted by Crippen LogP contribution is -2.11. The molecule has 0 aliphatic rings. The van der Waals surface area contributed by atoms with Gasteiger partial charge in [0, 0.05) is 12.3 Å². The molecule has 0 aromatic carbocycles. The molecular formula is C14H16ClN3O. The molecule has 100 valence electrons. The summed E-state index contributed by atoms with van der Waals surface area (Å²) in [5.41, 5.74) is 4.64. The van der Waals surface area contributed by atoms with Crippen LogP contribution in [0.2, 0.25) is 5.15 Å². The maximum absolute atomic E-state index is 11.2. The van der Waals surface area contributed by atoms with E-state index in [0.717, 1.165) is 27.6 Å². The molecule has 0 aliphatic heterocycles. The molecule has 0 radical (unpaired) electrons. The van der Waals surface area contributed by atoms with Crippen LogP contribution in [0.5, 0.6) is 0 Å². The molecule has 1 N–H and O–H groups in total. The van der Waals surface area contributed by atoms with Gasteiger partial charge >= 0.3 is 0 Å². The van der Waals surface area contributed by atoms with Gasteiger partial charge in [0.2, 0.25) is 5.91 Å². The highest BCUT2D eigenvalue weighted by Crippen LogP contribution is 2.30. The van der Waals surface area contributed by atoms with Crippen molar-refractivity contribution in [1.29, 1.82) is 0 Å². The van der Waals surface area contributed by atoms with E-state index in [2.05, 4.69) is 15.3 Å². The van der Waals surface area contributed by atoms with E-state index in [1.54, 1.807) is 0 Å². The van der Waals surface area contributed by atoms with E-state index in [0.29, 0.717) is 16.6 Å². The number of carbonyl (C=O) groups excluding carboxylic acids is 1. The Hall–Kier alpha value is -1.68. The summed E-state index contributed by atoms with van der Waals surface area (Å²) in [5.74, 6) is 0.397. The Balaban J connectivity index is 2.84. The molecule has 2 rings (SSSR count). The van der Waals surface area contributed by atoms with E-state index in [1.807, 2.05) is 27.7 Å². The summed E-state index contributed by atoms with van der Waals surface area (Å²) in [7, 11) is 0. The Morgan fingerprint density at radius 1 is 1.00 bits per heavy atom. The average Bonchev–Trinajstić information content (AvgIpc) is 2.32. The molecule has 19 heavy (non-hydrogen) atoms. The molecule has 0 aliphatic carbocycles. The van der Waals surface area contributed by atoms with Crippen molar-refractivity contribution in [3.05, 3.63) is 27.4 Å². The van der Waals surface area contributed by atoms with Gasteiger partial charge in [-0.1, -0.05) is 11.6 Å². The van der Waals surface area contributed by atoms with E-state index >= 15 is 0 Å². The second-order valence-corrected chi connectivity index (χ2v) is 5.10. The summed E-state index contributed by atoms with van der Waals surface area (Å²) in [4.78, 5) is 19.9. The van der Waals surface area contributed by atoms with E-state index in [4.69, 9.17) is 11.6 Å². The van der Waals surface area contributed by atoms with Crippen LogP contribution in [-0.4, -0.2) is 15.9 Å². The molecule has 0 atom stereocenters. The lowest BCUT2D eigenvalue weighted by molar-refractivity contribution is -0.114. The number of pyridine rings is 2. The van der Waals surface area contributed by atoms with Gasteiger partial charge in [0.25, 0.3) is 0 Å². The molecule has 0 spiro atoms. The summed E-state index contributed by atoms with van der Waals surface area (Å²) in [6.45, 7) is 9.36. The van der Waals surface area contributed by atoms with Gasteiger partial charge in [0.05, 0.1) is 0 Å². The average molecular weight is 278 g/mol. The van der Waals surface area contributed by atoms with Gasteiger partial charge in [-0.15, -0.1) is 0 Å². The van der Waals surface area contributed by atoms with Crippen molar-refractivity contribution in [2.75, 3.05) is 5.32 Å². The van der Waals surface area contributed by atoms with Crippen molar-refractivity contribution in [3.8, 4) is 0 Å². The van der Waals surface area contributed by atoms with E-state index < -0.39 is 0 Å². The van der Waals surface area contributed by atoms with E-state index in [9.17, 15) is 4.79 Å². The topological polar surface area (TPSA) is 54.9 Å². The molecule has 2 aromatic rings. The zero-order chi connectivity index (χ0) is 14.3. The number of hydrogen-bond acceptors (Lipinski definition) is 3. The molecule has 0 fully saturated rings. The standard InChI is InChI=1S/C14H16ClN3O/c1-6-8(3)12(15)17-14-11(6)7(2)9(4)13(18-14)16-10(5)19/h1-5H3,(H,16,17,18,19). The first-order chi connectivity index (χ1) is 8.82. The lowest BCUT2D eigenvalue weighted by Gasteiger charge is -2.14. The number of nitrogens with one attached hydrogen (secondary N) is 1. The predicted octanol–water partition coefficient (Wildman–Crippen LogP) is 3.48. The summed E-state index contributed by atoms with van der Waals surface area (Å²) in [6, 6.07) is 0. The van der Waals surface area contributed by atoms with Crippen molar-refractivity contribution in [1.82, 2.24) is 9.97 Å². The lowest BCUT2D eigenvalue weighted by atomic mass is 10.0. The highest BCUT2D eigenvalue weighted by atomic mass is 35.5. The summed E-state index contributed by atoms with van der Waals surface area (Å²) < 4.78 is 0. The van der Waals surface area contributed by atoms with Crippen LogP contribution in [0.15, 0.2) is 0 Å². The predicted molar refractivity (Wildman–Crippen MR) is 77.8 cm³/mol. The van der Waals surface area contributed by atoms with Crippen LogP contribution in [0, 0.1) is 27.7 Å². The number of fused-ring (bicyclic) bond motifs is 1. The molecule has 4 nitrogen and oxygen atoms in total. The Bertz CT molecular complexity index is 695. The number of nitrogens with zero attached hydrogens (tertiary/aromatic N) is 2.